The largest absolute Gasteiger partial charge is 2.00 e. The fourth-order valence-electron chi connectivity index (χ4n) is 4.95. The van der Waals surface area contributed by atoms with Gasteiger partial charge >= 0.3 is 34.1 Å². The zero-order chi connectivity index (χ0) is 57.4. The summed E-state index contributed by atoms with van der Waals surface area (Å²) in [7, 11) is 0. The molecule has 0 aliphatic rings. The molecule has 18 heteroatoms. The number of aryl methyl sites for hydroxylation is 8. The van der Waals surface area contributed by atoms with Crippen LogP contribution in [0.4, 0.5) is 0 Å². The van der Waals surface area contributed by atoms with Crippen LogP contribution < -0.4 is 0 Å². The van der Waals surface area contributed by atoms with Crippen LogP contribution in [0.25, 0.3) is 21.6 Å². The molecule has 0 fully saturated rings. The Hall–Kier alpha value is -6.56. The summed E-state index contributed by atoms with van der Waals surface area (Å²) in [4.78, 5) is 31.1. The molecule has 0 aliphatic heterocycles. The van der Waals surface area contributed by atoms with E-state index in [9.17, 15) is 0 Å². The maximum atomic E-state index is 7.13. The number of nitrogens with zero attached hydrogens (tertiary/aromatic N) is 12. The predicted molar refractivity (Wildman–Crippen MR) is 333 cm³/mol. The summed E-state index contributed by atoms with van der Waals surface area (Å²) < 4.78 is 0. The SMILES string of the molecule is CCc1ccncc1.CCc1ccncc1.CCc1ccncc1.CCc1ccncc1.CCc1ccncc1.CCc1ccncc1.CCc1ccncc1.CCc1ccncc1.[Fe+2].[Fe+2].[N-]=C=S.[N-]=C=S.[N-]=C=S.[N-]=C=S. The summed E-state index contributed by atoms with van der Waals surface area (Å²) in [6, 6.07) is 32.4. The van der Waals surface area contributed by atoms with Gasteiger partial charge in [0.25, 0.3) is 0 Å². The third-order valence-electron chi connectivity index (χ3n) is 9.26. The summed E-state index contributed by atoms with van der Waals surface area (Å²) in [5, 5.41) is 33.9. The van der Waals surface area contributed by atoms with E-state index in [1.54, 1.807) is 0 Å². The van der Waals surface area contributed by atoms with Crippen molar-refractivity contribution in [1.82, 2.24) is 39.9 Å². The number of thiocarbonyl (C=S) groups is 4. The fourth-order valence-corrected chi connectivity index (χ4v) is 4.95. The van der Waals surface area contributed by atoms with E-state index in [4.69, 9.17) is 21.6 Å². The molecule has 0 unspecified atom stereocenters. The van der Waals surface area contributed by atoms with Crippen molar-refractivity contribution in [3.05, 3.63) is 262 Å². The van der Waals surface area contributed by atoms with Crippen LogP contribution in [0.15, 0.2) is 196 Å². The molecule has 12 nitrogen and oxygen atoms in total. The van der Waals surface area contributed by atoms with E-state index in [0.717, 1.165) is 51.4 Å². The molecule has 0 spiro atoms. The number of rotatable bonds is 8. The second-order valence-corrected chi connectivity index (χ2v) is 14.8. The normalized spacial score (nSPS) is 7.90. The Kier molecular flexibility index (Phi) is 74.7. The number of hydrogen-bond donors (Lipinski definition) is 0. The molecule has 0 amide bonds. The molecule has 8 heterocycles. The van der Waals surface area contributed by atoms with Crippen LogP contribution in [-0.4, -0.2) is 60.5 Å². The molecular weight excluding hydrogens is 1130 g/mol. The fraction of sp³-hybridized carbons (Fsp3) is 0.267. The number of isothiocyanates is 4. The van der Waals surface area contributed by atoms with Crippen molar-refractivity contribution in [2.24, 2.45) is 0 Å². The van der Waals surface area contributed by atoms with Crippen LogP contribution in [-0.2, 0) is 85.5 Å². The second-order valence-electron chi connectivity index (χ2n) is 14.0. The van der Waals surface area contributed by atoms with E-state index < -0.39 is 0 Å². The quantitative estimate of drug-likeness (QED) is 0.0795. The van der Waals surface area contributed by atoms with Crippen LogP contribution in [0, 0.1) is 0 Å². The molecule has 0 aromatic carbocycles. The van der Waals surface area contributed by atoms with Gasteiger partial charge in [0, 0.05) is 99.1 Å². The van der Waals surface area contributed by atoms with E-state index in [1.165, 1.54) is 65.2 Å². The van der Waals surface area contributed by atoms with Gasteiger partial charge in [-0.2, -0.15) is 20.6 Å². The summed E-state index contributed by atoms with van der Waals surface area (Å²) in [6.07, 6.45) is 37.9. The van der Waals surface area contributed by atoms with Crippen LogP contribution in [0.2, 0.25) is 0 Å². The van der Waals surface area contributed by atoms with E-state index in [0.29, 0.717) is 0 Å². The first-order valence-electron chi connectivity index (χ1n) is 24.3. The maximum Gasteiger partial charge on any atom is 2.00 e. The van der Waals surface area contributed by atoms with Crippen molar-refractivity contribution in [3.8, 4) is 0 Å². The van der Waals surface area contributed by atoms with Crippen LogP contribution in [0.5, 0.6) is 0 Å². The Labute approximate surface area is 508 Å². The van der Waals surface area contributed by atoms with Crippen molar-refractivity contribution in [1.29, 1.82) is 0 Å². The van der Waals surface area contributed by atoms with E-state index in [1.807, 2.05) is 196 Å². The smallest absolute Gasteiger partial charge is 0.753 e. The molecule has 0 bridgehead atoms. The molecule has 0 aliphatic carbocycles. The molecule has 8 aromatic rings. The van der Waals surface area contributed by atoms with Crippen LogP contribution >= 0.6 is 48.9 Å². The van der Waals surface area contributed by atoms with Gasteiger partial charge in [0.1, 0.15) is 0 Å². The zero-order valence-corrected chi connectivity index (χ0v) is 51.3. The molecule has 0 saturated carbocycles. The van der Waals surface area contributed by atoms with Crippen LogP contribution in [0.3, 0.4) is 0 Å². The van der Waals surface area contributed by atoms with Crippen molar-refractivity contribution < 1.29 is 34.1 Å². The molecule has 8 aromatic heterocycles. The molecule has 78 heavy (non-hydrogen) atoms. The number of aromatic nitrogens is 8. The third kappa shape index (κ3) is 60.3. The molecule has 0 N–H and O–H groups in total. The minimum Gasteiger partial charge on any atom is -0.753 e. The standard InChI is InChI=1S/8C7H9N.4CNS.2Fe/c8*1-2-7-3-5-8-6-4-7;4*2-1-3;;/h8*3-6H,2H2,1H3;;;;;;/q;;;;;;;;4*-1;2*+2. The van der Waals surface area contributed by atoms with Gasteiger partial charge in [0.15, 0.2) is 0 Å². The average Bonchev–Trinajstić information content (AvgIpc) is 3.50. The van der Waals surface area contributed by atoms with Gasteiger partial charge in [-0.25, -0.2) is 0 Å². The second kappa shape index (κ2) is 70.4. The molecule has 0 atom stereocenters. The van der Waals surface area contributed by atoms with Crippen molar-refractivity contribution in [2.75, 3.05) is 0 Å². The topological polar surface area (TPSA) is 192 Å². The first kappa shape index (κ1) is 82.8. The zero-order valence-electron chi connectivity index (χ0n) is 45.8. The predicted octanol–water partition coefficient (Wildman–Crippen LogP) is 15.8. The minimum atomic E-state index is 0. The Morgan fingerprint density at radius 1 is 0.231 bits per heavy atom. The molecule has 0 radical (unpaired) electrons. The van der Waals surface area contributed by atoms with E-state index in [-0.39, 0.29) is 34.1 Å². The Bertz CT molecular complexity index is 2020. The van der Waals surface area contributed by atoms with Gasteiger partial charge in [-0.15, -0.1) is 0 Å². The monoisotopic (exact) mass is 1200 g/mol. The minimum absolute atomic E-state index is 0. The maximum absolute atomic E-state index is 7.13. The average molecular weight is 1200 g/mol. The van der Waals surface area contributed by atoms with Crippen LogP contribution in [0.1, 0.15) is 99.9 Å². The Morgan fingerprint density at radius 3 is 0.333 bits per heavy atom. The van der Waals surface area contributed by atoms with E-state index >= 15 is 0 Å². The number of pyridine rings is 8. The first-order valence-corrected chi connectivity index (χ1v) is 25.9. The summed E-state index contributed by atoms with van der Waals surface area (Å²) in [6.45, 7) is 17.1. The Morgan fingerprint density at radius 2 is 0.295 bits per heavy atom. The van der Waals surface area contributed by atoms with E-state index in [2.05, 4.69) is 144 Å². The summed E-state index contributed by atoms with van der Waals surface area (Å²) >= 11 is 14.8. The summed E-state index contributed by atoms with van der Waals surface area (Å²) in [5.41, 5.74) is 10.8. The summed E-state index contributed by atoms with van der Waals surface area (Å²) in [5.74, 6) is 0. The van der Waals surface area contributed by atoms with Crippen molar-refractivity contribution in [2.45, 2.75) is 107 Å². The van der Waals surface area contributed by atoms with Gasteiger partial charge < -0.3 is 21.6 Å². The molecule has 412 valence electrons. The van der Waals surface area contributed by atoms with Crippen molar-refractivity contribution >= 4 is 69.5 Å². The van der Waals surface area contributed by atoms with Gasteiger partial charge in [-0.1, -0.05) is 104 Å². The van der Waals surface area contributed by atoms with Gasteiger partial charge in [-0.05, 0) is 193 Å². The van der Waals surface area contributed by atoms with Gasteiger partial charge in [-0.3, -0.25) is 39.9 Å². The third-order valence-corrected chi connectivity index (χ3v) is 9.26. The molecular formula is C60H72Fe2N12S4. The molecule has 0 saturated heterocycles. The first-order chi connectivity index (χ1) is 37.1. The Balaban J connectivity index is -0.000000184. The van der Waals surface area contributed by atoms with Gasteiger partial charge in [0.2, 0.25) is 0 Å². The molecule has 8 rings (SSSR count). The number of hydrogen-bond acceptors (Lipinski definition) is 12. The van der Waals surface area contributed by atoms with Gasteiger partial charge in [0.05, 0.1) is 0 Å². The van der Waals surface area contributed by atoms with Crippen molar-refractivity contribution in [3.63, 3.8) is 0 Å².